The number of nitrogens with zero attached hydrogens (tertiary/aromatic N) is 1. The van der Waals surface area contributed by atoms with Crippen molar-refractivity contribution in [1.82, 2.24) is 4.90 Å². The third kappa shape index (κ3) is 3.66. The van der Waals surface area contributed by atoms with Crippen LogP contribution in [-0.2, 0) is 0 Å². The number of benzene rings is 1. The lowest BCUT2D eigenvalue weighted by atomic mass is 10.1. The Morgan fingerprint density at radius 2 is 1.76 bits per heavy atom. The minimum absolute atomic E-state index is 0.103. The number of phenolic OH excluding ortho intramolecular Hbond substituents is 2. The van der Waals surface area contributed by atoms with Crippen molar-refractivity contribution in [3.8, 4) is 11.5 Å². The number of hydrogen-bond acceptors (Lipinski definition) is 3. The molecule has 0 aromatic heterocycles. The summed E-state index contributed by atoms with van der Waals surface area (Å²) in [6.07, 6.45) is 0. The molecule has 0 radical (unpaired) electrons. The first kappa shape index (κ1) is 13.4. The molecule has 1 aromatic rings. The predicted molar refractivity (Wildman–Crippen MR) is 66.2 cm³/mol. The minimum Gasteiger partial charge on any atom is -0.508 e. The van der Waals surface area contributed by atoms with E-state index < -0.39 is 0 Å². The van der Waals surface area contributed by atoms with Crippen LogP contribution >= 0.6 is 0 Å². The van der Waals surface area contributed by atoms with Gasteiger partial charge in [-0.25, -0.2) is 0 Å². The van der Waals surface area contributed by atoms with E-state index in [0.29, 0.717) is 24.6 Å². The Balaban J connectivity index is 2.93. The summed E-state index contributed by atoms with van der Waals surface area (Å²) in [6.45, 7) is 7.24. The van der Waals surface area contributed by atoms with E-state index in [1.165, 1.54) is 18.2 Å². The van der Waals surface area contributed by atoms with Crippen LogP contribution in [0, 0.1) is 5.92 Å². The number of aromatic hydroxyl groups is 2. The molecule has 4 nitrogen and oxygen atoms in total. The van der Waals surface area contributed by atoms with E-state index in [2.05, 4.69) is 0 Å². The third-order valence-corrected chi connectivity index (χ3v) is 2.40. The van der Waals surface area contributed by atoms with Gasteiger partial charge in [0.25, 0.3) is 5.91 Å². The monoisotopic (exact) mass is 237 g/mol. The molecule has 0 bridgehead atoms. The smallest absolute Gasteiger partial charge is 0.254 e. The summed E-state index contributed by atoms with van der Waals surface area (Å²) in [4.78, 5) is 13.8. The lowest BCUT2D eigenvalue weighted by molar-refractivity contribution is 0.0745. The quantitative estimate of drug-likeness (QED) is 0.844. The fourth-order valence-electron chi connectivity index (χ4n) is 1.70. The van der Waals surface area contributed by atoms with E-state index in [4.69, 9.17) is 0 Å². The normalized spacial score (nSPS) is 10.6. The molecule has 4 heteroatoms. The fraction of sp³-hybridized carbons (Fsp3) is 0.462. The molecule has 0 saturated heterocycles. The average molecular weight is 237 g/mol. The zero-order valence-corrected chi connectivity index (χ0v) is 10.5. The largest absolute Gasteiger partial charge is 0.508 e. The van der Waals surface area contributed by atoms with Gasteiger partial charge in [-0.05, 0) is 25.0 Å². The summed E-state index contributed by atoms with van der Waals surface area (Å²) in [5.41, 5.74) is 0.310. The van der Waals surface area contributed by atoms with Gasteiger partial charge in [0.05, 0.1) is 0 Å². The van der Waals surface area contributed by atoms with Crippen LogP contribution in [0.15, 0.2) is 18.2 Å². The lowest BCUT2D eigenvalue weighted by Crippen LogP contribution is -2.33. The zero-order valence-electron chi connectivity index (χ0n) is 10.5. The third-order valence-electron chi connectivity index (χ3n) is 2.40. The van der Waals surface area contributed by atoms with Crippen LogP contribution in [0.1, 0.15) is 31.1 Å². The van der Waals surface area contributed by atoms with Crippen molar-refractivity contribution in [3.05, 3.63) is 23.8 Å². The second-order valence-corrected chi connectivity index (χ2v) is 4.48. The van der Waals surface area contributed by atoms with Crippen LogP contribution in [0.2, 0.25) is 0 Å². The van der Waals surface area contributed by atoms with Crippen LogP contribution in [0.25, 0.3) is 0 Å². The van der Waals surface area contributed by atoms with Gasteiger partial charge >= 0.3 is 0 Å². The Morgan fingerprint density at radius 1 is 1.24 bits per heavy atom. The molecule has 0 saturated carbocycles. The zero-order chi connectivity index (χ0) is 13.0. The summed E-state index contributed by atoms with van der Waals surface area (Å²) in [5, 5.41) is 18.7. The van der Waals surface area contributed by atoms with Crippen molar-refractivity contribution in [2.45, 2.75) is 20.8 Å². The SMILES string of the molecule is CCN(CC(C)C)C(=O)c1cc(O)cc(O)c1. The van der Waals surface area contributed by atoms with Gasteiger partial charge in [0.1, 0.15) is 11.5 Å². The van der Waals surface area contributed by atoms with Gasteiger partial charge in [0.15, 0.2) is 0 Å². The van der Waals surface area contributed by atoms with E-state index >= 15 is 0 Å². The Bertz CT molecular complexity index is 381. The van der Waals surface area contributed by atoms with Gasteiger partial charge in [-0.2, -0.15) is 0 Å². The van der Waals surface area contributed by atoms with Crippen molar-refractivity contribution >= 4 is 5.91 Å². The molecule has 0 aliphatic rings. The molecule has 1 rings (SSSR count). The van der Waals surface area contributed by atoms with Crippen molar-refractivity contribution < 1.29 is 15.0 Å². The first-order valence-corrected chi connectivity index (χ1v) is 5.76. The molecule has 0 aliphatic carbocycles. The van der Waals surface area contributed by atoms with E-state index in [1.807, 2.05) is 20.8 Å². The Kier molecular flexibility index (Phi) is 4.37. The summed E-state index contributed by atoms with van der Waals surface area (Å²) in [5.74, 6) is 0.0000983. The van der Waals surface area contributed by atoms with Crippen LogP contribution in [0.5, 0.6) is 11.5 Å². The van der Waals surface area contributed by atoms with E-state index in [0.717, 1.165) is 0 Å². The lowest BCUT2D eigenvalue weighted by Gasteiger charge is -2.23. The highest BCUT2D eigenvalue weighted by Crippen LogP contribution is 2.21. The van der Waals surface area contributed by atoms with Crippen LogP contribution in [0.3, 0.4) is 0 Å². The number of phenols is 2. The number of carbonyl (C=O) groups excluding carboxylic acids is 1. The number of rotatable bonds is 4. The van der Waals surface area contributed by atoms with Gasteiger partial charge in [-0.15, -0.1) is 0 Å². The molecule has 1 aromatic carbocycles. The molecule has 0 heterocycles. The first-order valence-electron chi connectivity index (χ1n) is 5.76. The molecule has 1 amide bonds. The van der Waals surface area contributed by atoms with Crippen LogP contribution in [0.4, 0.5) is 0 Å². The molecule has 0 aliphatic heterocycles. The van der Waals surface area contributed by atoms with E-state index in [1.54, 1.807) is 4.90 Å². The maximum Gasteiger partial charge on any atom is 0.254 e. The Labute approximate surface area is 101 Å². The highest BCUT2D eigenvalue weighted by Gasteiger charge is 2.16. The molecule has 0 fully saturated rings. The molecule has 0 unspecified atom stereocenters. The number of amides is 1. The van der Waals surface area contributed by atoms with Gasteiger partial charge in [0.2, 0.25) is 0 Å². The fourth-order valence-corrected chi connectivity index (χ4v) is 1.70. The Hall–Kier alpha value is -1.71. The van der Waals surface area contributed by atoms with Gasteiger partial charge < -0.3 is 15.1 Å². The summed E-state index contributed by atoms with van der Waals surface area (Å²) in [7, 11) is 0. The topological polar surface area (TPSA) is 60.8 Å². The molecular formula is C13H19NO3. The highest BCUT2D eigenvalue weighted by atomic mass is 16.3. The molecule has 0 spiro atoms. The van der Waals surface area contributed by atoms with Gasteiger partial charge in [-0.3, -0.25) is 4.79 Å². The van der Waals surface area contributed by atoms with Gasteiger partial charge in [-0.1, -0.05) is 13.8 Å². The Morgan fingerprint density at radius 3 is 2.18 bits per heavy atom. The molecule has 94 valence electrons. The van der Waals surface area contributed by atoms with Crippen molar-refractivity contribution in [2.75, 3.05) is 13.1 Å². The molecule has 17 heavy (non-hydrogen) atoms. The molecule has 2 N–H and O–H groups in total. The second-order valence-electron chi connectivity index (χ2n) is 4.48. The second kappa shape index (κ2) is 5.57. The van der Waals surface area contributed by atoms with Crippen molar-refractivity contribution in [2.24, 2.45) is 5.92 Å². The van der Waals surface area contributed by atoms with Crippen molar-refractivity contribution in [3.63, 3.8) is 0 Å². The number of carbonyl (C=O) groups is 1. The standard InChI is InChI=1S/C13H19NO3/c1-4-14(8-9(2)3)13(17)10-5-11(15)7-12(16)6-10/h5-7,9,15-16H,4,8H2,1-3H3. The molecular weight excluding hydrogens is 218 g/mol. The average Bonchev–Trinajstić information content (AvgIpc) is 2.23. The van der Waals surface area contributed by atoms with E-state index in [9.17, 15) is 15.0 Å². The number of hydrogen-bond donors (Lipinski definition) is 2. The van der Waals surface area contributed by atoms with E-state index in [-0.39, 0.29) is 17.4 Å². The first-order chi connectivity index (χ1) is 7.93. The summed E-state index contributed by atoms with van der Waals surface area (Å²) >= 11 is 0. The van der Waals surface area contributed by atoms with Crippen molar-refractivity contribution in [1.29, 1.82) is 0 Å². The summed E-state index contributed by atoms with van der Waals surface area (Å²) < 4.78 is 0. The predicted octanol–water partition coefficient (Wildman–Crippen LogP) is 2.22. The maximum absolute atomic E-state index is 12.1. The highest BCUT2D eigenvalue weighted by molar-refractivity contribution is 5.95. The maximum atomic E-state index is 12.1. The van der Waals surface area contributed by atoms with Crippen LogP contribution < -0.4 is 0 Å². The minimum atomic E-state index is -0.174. The summed E-state index contributed by atoms with van der Waals surface area (Å²) in [6, 6.07) is 3.94. The van der Waals surface area contributed by atoms with Gasteiger partial charge in [0, 0.05) is 24.7 Å². The molecule has 0 atom stereocenters. The van der Waals surface area contributed by atoms with Crippen LogP contribution in [-0.4, -0.2) is 34.1 Å².